The molecule has 4 heterocycles. The number of methoxy groups -OCH3 is 1. The van der Waals surface area contributed by atoms with E-state index in [1.54, 1.807) is 13.3 Å². The molecule has 9 heteroatoms. The number of fused-ring (bicyclic) bond motifs is 2. The highest BCUT2D eigenvalue weighted by Gasteiger charge is 2.45. The molecule has 2 saturated heterocycles. The van der Waals surface area contributed by atoms with E-state index in [1.165, 1.54) is 0 Å². The van der Waals surface area contributed by atoms with E-state index in [9.17, 15) is 4.79 Å². The second-order valence-electron chi connectivity index (χ2n) is 10.7. The first kappa shape index (κ1) is 24.1. The first-order valence-electron chi connectivity index (χ1n) is 12.5. The van der Waals surface area contributed by atoms with Gasteiger partial charge in [-0.2, -0.15) is 5.10 Å². The average Bonchev–Trinajstić information content (AvgIpc) is 3.49. The molecule has 36 heavy (non-hydrogen) atoms. The van der Waals surface area contributed by atoms with E-state index in [0.717, 1.165) is 59.6 Å². The van der Waals surface area contributed by atoms with Crippen molar-refractivity contribution in [1.82, 2.24) is 25.3 Å². The molecule has 0 saturated carbocycles. The fourth-order valence-electron chi connectivity index (χ4n) is 5.41. The quantitative estimate of drug-likeness (QED) is 0.543. The molecule has 1 amide bonds. The Bertz CT molecular complexity index is 1190. The number of ether oxygens (including phenoxy) is 2. The Kier molecular flexibility index (Phi) is 6.32. The van der Waals surface area contributed by atoms with Crippen molar-refractivity contribution in [3.05, 3.63) is 42.7 Å². The van der Waals surface area contributed by atoms with Crippen molar-refractivity contribution >= 4 is 11.9 Å². The molecule has 1 aromatic carbocycles. The third-order valence-corrected chi connectivity index (χ3v) is 7.18. The van der Waals surface area contributed by atoms with Crippen LogP contribution in [0.2, 0.25) is 0 Å². The Morgan fingerprint density at radius 2 is 1.83 bits per heavy atom. The third kappa shape index (κ3) is 4.74. The molecule has 2 fully saturated rings. The minimum atomic E-state index is -0.482. The highest BCUT2D eigenvalue weighted by Crippen LogP contribution is 2.39. The van der Waals surface area contributed by atoms with Gasteiger partial charge < -0.3 is 19.3 Å². The molecule has 0 unspecified atom stereocenters. The number of H-pyrrole nitrogens is 1. The van der Waals surface area contributed by atoms with Gasteiger partial charge in [0.1, 0.15) is 11.4 Å². The molecule has 5 rings (SSSR count). The lowest BCUT2D eigenvalue weighted by molar-refractivity contribution is 0.00597. The molecule has 2 aliphatic heterocycles. The molecular formula is C27H34N6O3. The molecule has 0 radical (unpaired) electrons. The second kappa shape index (κ2) is 9.44. The van der Waals surface area contributed by atoms with Crippen LogP contribution in [0.3, 0.4) is 0 Å². The molecule has 2 aliphatic rings. The van der Waals surface area contributed by atoms with E-state index >= 15 is 0 Å². The number of carbonyl (C=O) groups excluding carboxylic acids is 1. The Morgan fingerprint density at radius 3 is 2.42 bits per heavy atom. The van der Waals surface area contributed by atoms with E-state index in [1.807, 2.05) is 62.2 Å². The molecule has 3 atom stereocenters. The van der Waals surface area contributed by atoms with Crippen LogP contribution in [0.1, 0.15) is 46.5 Å². The Balaban J connectivity index is 1.29. The van der Waals surface area contributed by atoms with Crippen molar-refractivity contribution in [2.24, 2.45) is 0 Å². The van der Waals surface area contributed by atoms with Gasteiger partial charge in [-0.1, -0.05) is 6.07 Å². The zero-order valence-electron chi connectivity index (χ0n) is 21.6. The fourth-order valence-corrected chi connectivity index (χ4v) is 5.41. The number of aromatic nitrogens is 4. The van der Waals surface area contributed by atoms with Crippen molar-refractivity contribution in [2.75, 3.05) is 19.1 Å². The number of anilines is 1. The summed E-state index contributed by atoms with van der Waals surface area (Å²) in [6, 6.07) is 10.7. The smallest absolute Gasteiger partial charge is 0.410 e. The van der Waals surface area contributed by atoms with Crippen molar-refractivity contribution in [3.63, 3.8) is 0 Å². The van der Waals surface area contributed by atoms with Crippen LogP contribution in [-0.2, 0) is 4.74 Å². The standard InChI is InChI=1S/C27H34N6O3/c1-27(2,3)36-26(34)33-19-7-8-20(33)14-21(13-19)32(4)25-11-10-23(30-31-25)22-9-6-17(12-24(22)35-5)18-15-28-29-16-18/h6,9-12,15-16,19-21H,7-8,13-14H2,1-5H3,(H,28,29)/t19-,20+,21-. The van der Waals surface area contributed by atoms with Crippen LogP contribution < -0.4 is 9.64 Å². The van der Waals surface area contributed by atoms with Crippen molar-refractivity contribution in [2.45, 2.75) is 70.2 Å². The van der Waals surface area contributed by atoms with Crippen LogP contribution in [0.5, 0.6) is 5.75 Å². The van der Waals surface area contributed by atoms with E-state index in [0.29, 0.717) is 6.04 Å². The summed E-state index contributed by atoms with van der Waals surface area (Å²) in [5, 5.41) is 15.9. The largest absolute Gasteiger partial charge is 0.496 e. The lowest BCUT2D eigenvalue weighted by atomic mass is 9.96. The Labute approximate surface area is 211 Å². The molecular weight excluding hydrogens is 456 g/mol. The molecule has 9 nitrogen and oxygen atoms in total. The maximum atomic E-state index is 12.8. The zero-order chi connectivity index (χ0) is 25.4. The van der Waals surface area contributed by atoms with E-state index in [2.05, 4.69) is 32.3 Å². The van der Waals surface area contributed by atoms with Gasteiger partial charge in [-0.15, -0.1) is 10.2 Å². The highest BCUT2D eigenvalue weighted by molar-refractivity contribution is 5.74. The zero-order valence-corrected chi connectivity index (χ0v) is 21.6. The van der Waals surface area contributed by atoms with E-state index < -0.39 is 5.60 Å². The Morgan fingerprint density at radius 1 is 1.08 bits per heavy atom. The van der Waals surface area contributed by atoms with Crippen molar-refractivity contribution in [1.29, 1.82) is 0 Å². The number of amides is 1. The summed E-state index contributed by atoms with van der Waals surface area (Å²) < 4.78 is 11.3. The Hall–Kier alpha value is -3.62. The van der Waals surface area contributed by atoms with E-state index in [-0.39, 0.29) is 18.2 Å². The predicted molar refractivity (Wildman–Crippen MR) is 138 cm³/mol. The topological polar surface area (TPSA) is 96.5 Å². The first-order chi connectivity index (χ1) is 17.2. The highest BCUT2D eigenvalue weighted by atomic mass is 16.6. The van der Waals surface area contributed by atoms with Gasteiger partial charge in [0, 0.05) is 42.5 Å². The maximum absolute atomic E-state index is 12.8. The number of aromatic amines is 1. The monoisotopic (exact) mass is 490 g/mol. The third-order valence-electron chi connectivity index (χ3n) is 7.18. The molecule has 0 aliphatic carbocycles. The molecule has 2 bridgehead atoms. The van der Waals surface area contributed by atoms with Gasteiger partial charge in [0.05, 0.1) is 19.0 Å². The lowest BCUT2D eigenvalue weighted by Crippen LogP contribution is -2.53. The van der Waals surface area contributed by atoms with Gasteiger partial charge in [0.2, 0.25) is 0 Å². The molecule has 3 aromatic rings. The van der Waals surface area contributed by atoms with Gasteiger partial charge in [0.15, 0.2) is 5.82 Å². The predicted octanol–water partition coefficient (Wildman–Crippen LogP) is 4.91. The number of hydrogen-bond donors (Lipinski definition) is 1. The van der Waals surface area contributed by atoms with Crippen LogP contribution in [0.15, 0.2) is 42.7 Å². The number of hydrogen-bond acceptors (Lipinski definition) is 7. The summed E-state index contributed by atoms with van der Waals surface area (Å²) in [6.07, 6.45) is 7.29. The van der Waals surface area contributed by atoms with Crippen LogP contribution in [0.4, 0.5) is 10.6 Å². The normalized spacial score (nSPS) is 21.4. The minimum absolute atomic E-state index is 0.187. The lowest BCUT2D eigenvalue weighted by Gasteiger charge is -2.42. The van der Waals surface area contributed by atoms with E-state index in [4.69, 9.17) is 9.47 Å². The summed E-state index contributed by atoms with van der Waals surface area (Å²) in [5.74, 6) is 1.55. The number of nitrogens with zero attached hydrogens (tertiary/aromatic N) is 5. The number of rotatable bonds is 5. The van der Waals surface area contributed by atoms with Crippen LogP contribution in [0, 0.1) is 0 Å². The van der Waals surface area contributed by atoms with Gasteiger partial charge in [-0.3, -0.25) is 5.10 Å². The SMILES string of the molecule is COc1cc(-c2cn[nH]c2)ccc1-c1ccc(N(C)[C@@H]2C[C@H]3CC[C@@H](C2)N3C(=O)OC(C)(C)C)nn1. The van der Waals surface area contributed by atoms with Gasteiger partial charge >= 0.3 is 6.09 Å². The number of piperidine rings is 1. The van der Waals surface area contributed by atoms with Crippen LogP contribution >= 0.6 is 0 Å². The molecule has 2 aromatic heterocycles. The number of nitrogens with one attached hydrogen (secondary N) is 1. The molecule has 1 N–H and O–H groups in total. The van der Waals surface area contributed by atoms with Crippen molar-refractivity contribution < 1.29 is 14.3 Å². The van der Waals surface area contributed by atoms with Crippen LogP contribution in [0.25, 0.3) is 22.4 Å². The van der Waals surface area contributed by atoms with Crippen molar-refractivity contribution in [3.8, 4) is 28.1 Å². The number of carbonyl (C=O) groups is 1. The first-order valence-corrected chi connectivity index (χ1v) is 12.5. The number of benzene rings is 1. The molecule has 190 valence electrons. The molecule has 0 spiro atoms. The fraction of sp³-hybridized carbons (Fsp3) is 0.481. The van der Waals surface area contributed by atoms with Gasteiger partial charge in [-0.05, 0) is 76.3 Å². The summed E-state index contributed by atoms with van der Waals surface area (Å²) >= 11 is 0. The summed E-state index contributed by atoms with van der Waals surface area (Å²) in [5.41, 5.74) is 3.16. The summed E-state index contributed by atoms with van der Waals surface area (Å²) in [6.45, 7) is 5.75. The second-order valence-corrected chi connectivity index (χ2v) is 10.7. The van der Waals surface area contributed by atoms with Gasteiger partial charge in [0.25, 0.3) is 0 Å². The van der Waals surface area contributed by atoms with Crippen LogP contribution in [-0.4, -0.2) is 69.3 Å². The van der Waals surface area contributed by atoms with Gasteiger partial charge in [-0.25, -0.2) is 4.79 Å². The summed E-state index contributed by atoms with van der Waals surface area (Å²) in [4.78, 5) is 17.0. The summed E-state index contributed by atoms with van der Waals surface area (Å²) in [7, 11) is 3.72. The average molecular weight is 491 g/mol. The minimum Gasteiger partial charge on any atom is -0.496 e. The maximum Gasteiger partial charge on any atom is 0.410 e.